The highest BCUT2D eigenvalue weighted by Gasteiger charge is 2.49. The first-order chi connectivity index (χ1) is 16.4. The number of aliphatic hydroxyl groups is 1. The lowest BCUT2D eigenvalue weighted by molar-refractivity contribution is -0.0738. The molecule has 3 N–H and O–H groups in total. The Hall–Kier alpha value is -3.87. The molecular weight excluding hydrogens is 422 g/mol. The van der Waals surface area contributed by atoms with Crippen molar-refractivity contribution in [1.82, 2.24) is 19.6 Å². The number of rotatable bonds is 4. The Bertz CT molecular complexity index is 1470. The Morgan fingerprint density at radius 1 is 0.794 bits per heavy atom. The van der Waals surface area contributed by atoms with Crippen molar-refractivity contribution in [1.29, 1.82) is 0 Å². The highest BCUT2D eigenvalue weighted by molar-refractivity contribution is 5.81. The van der Waals surface area contributed by atoms with Gasteiger partial charge in [0, 0.05) is 28.4 Å². The van der Waals surface area contributed by atoms with Crippen LogP contribution in [0.2, 0.25) is 0 Å². The molecule has 1 saturated carbocycles. The van der Waals surface area contributed by atoms with Crippen LogP contribution in [0.3, 0.4) is 0 Å². The molecule has 0 atom stereocenters. The topological polar surface area (TPSA) is 89.3 Å². The van der Waals surface area contributed by atoms with Crippen molar-refractivity contribution in [2.75, 3.05) is 0 Å². The molecule has 0 spiro atoms. The molecular formula is C28H25N5O. The molecule has 2 heterocycles. The normalized spacial score (nSPS) is 22.0. The van der Waals surface area contributed by atoms with Crippen LogP contribution in [0.1, 0.15) is 25.3 Å². The minimum absolute atomic E-state index is 0.487. The molecule has 0 amide bonds. The maximum Gasteiger partial charge on any atom is 0.253 e. The van der Waals surface area contributed by atoms with E-state index in [2.05, 4.69) is 29.4 Å². The largest absolute Gasteiger partial charge is 0.390 e. The van der Waals surface area contributed by atoms with Crippen LogP contribution in [0.4, 0.5) is 0 Å². The monoisotopic (exact) mass is 447 g/mol. The summed E-state index contributed by atoms with van der Waals surface area (Å²) >= 11 is 0. The molecule has 34 heavy (non-hydrogen) atoms. The Kier molecular flexibility index (Phi) is 4.62. The van der Waals surface area contributed by atoms with Gasteiger partial charge in [-0.25, -0.2) is 9.50 Å². The third-order valence-electron chi connectivity index (χ3n) is 6.57. The Morgan fingerprint density at radius 3 is 2.03 bits per heavy atom. The summed E-state index contributed by atoms with van der Waals surface area (Å²) in [6.45, 7) is 1.83. The standard InChI is InChI=1S/C28H25N5O/c1-27(34)17-28(29,18-27)22-14-12-20(13-15-22)24-23(19-8-4-2-5-9-19)16-33-26(30-24)31-25(32-33)21-10-6-3-7-11-21/h2-16,34H,17-18,29H2,1H3/t27-,28-. The second-order valence-electron chi connectivity index (χ2n) is 9.50. The maximum atomic E-state index is 10.2. The summed E-state index contributed by atoms with van der Waals surface area (Å²) in [5.74, 6) is 1.18. The zero-order valence-corrected chi connectivity index (χ0v) is 18.9. The molecule has 1 aliphatic rings. The van der Waals surface area contributed by atoms with Crippen LogP contribution in [-0.4, -0.2) is 30.3 Å². The molecule has 6 heteroatoms. The fourth-order valence-corrected chi connectivity index (χ4v) is 5.05. The van der Waals surface area contributed by atoms with Gasteiger partial charge in [0.25, 0.3) is 5.78 Å². The molecule has 0 unspecified atom stereocenters. The summed E-state index contributed by atoms with van der Waals surface area (Å²) in [5.41, 5.74) is 11.2. The summed E-state index contributed by atoms with van der Waals surface area (Å²) in [6.07, 6.45) is 3.11. The van der Waals surface area contributed by atoms with Crippen LogP contribution in [0.15, 0.2) is 91.1 Å². The smallest absolute Gasteiger partial charge is 0.253 e. The molecule has 1 fully saturated rings. The Balaban J connectivity index is 1.46. The molecule has 1 aliphatic carbocycles. The summed E-state index contributed by atoms with van der Waals surface area (Å²) in [4.78, 5) is 9.63. The highest BCUT2D eigenvalue weighted by Crippen LogP contribution is 2.46. The van der Waals surface area contributed by atoms with Gasteiger partial charge in [0.05, 0.1) is 11.3 Å². The van der Waals surface area contributed by atoms with Crippen LogP contribution >= 0.6 is 0 Å². The van der Waals surface area contributed by atoms with Crippen molar-refractivity contribution in [3.8, 4) is 33.8 Å². The van der Waals surface area contributed by atoms with Gasteiger partial charge in [-0.05, 0) is 30.9 Å². The maximum absolute atomic E-state index is 10.2. The quantitative estimate of drug-likeness (QED) is 0.412. The van der Waals surface area contributed by atoms with E-state index in [1.165, 1.54) is 0 Å². The average molecular weight is 448 g/mol. The van der Waals surface area contributed by atoms with E-state index in [9.17, 15) is 5.11 Å². The predicted molar refractivity (Wildman–Crippen MR) is 133 cm³/mol. The SMILES string of the molecule is C[C@]1(O)C[C@@](N)(c2ccc(-c3nc4nc(-c5ccccc5)nn4cc3-c3ccccc3)cc2)C1. The van der Waals surface area contributed by atoms with E-state index in [0.29, 0.717) is 24.4 Å². The van der Waals surface area contributed by atoms with Gasteiger partial charge in [-0.15, -0.1) is 5.10 Å². The lowest BCUT2D eigenvalue weighted by atomic mass is 9.63. The number of hydrogen-bond acceptors (Lipinski definition) is 5. The number of nitrogens with two attached hydrogens (primary N) is 1. The van der Waals surface area contributed by atoms with Crippen molar-refractivity contribution < 1.29 is 5.11 Å². The van der Waals surface area contributed by atoms with Gasteiger partial charge in [-0.2, -0.15) is 4.98 Å². The molecule has 0 bridgehead atoms. The fourth-order valence-electron chi connectivity index (χ4n) is 5.05. The lowest BCUT2D eigenvalue weighted by Crippen LogP contribution is -2.58. The minimum Gasteiger partial charge on any atom is -0.390 e. The highest BCUT2D eigenvalue weighted by atomic mass is 16.3. The molecule has 3 aromatic carbocycles. The van der Waals surface area contributed by atoms with Crippen LogP contribution in [0, 0.1) is 0 Å². The molecule has 6 nitrogen and oxygen atoms in total. The van der Waals surface area contributed by atoms with E-state index in [1.54, 1.807) is 4.52 Å². The van der Waals surface area contributed by atoms with Gasteiger partial charge >= 0.3 is 0 Å². The first-order valence-electron chi connectivity index (χ1n) is 11.4. The van der Waals surface area contributed by atoms with Gasteiger partial charge in [0.2, 0.25) is 0 Å². The third kappa shape index (κ3) is 3.57. The fraction of sp³-hybridized carbons (Fsp3) is 0.179. The molecule has 2 aromatic heterocycles. The van der Waals surface area contributed by atoms with E-state index in [4.69, 9.17) is 15.7 Å². The number of nitrogens with zero attached hydrogens (tertiary/aromatic N) is 4. The number of hydrogen-bond donors (Lipinski definition) is 2. The van der Waals surface area contributed by atoms with Crippen molar-refractivity contribution in [3.63, 3.8) is 0 Å². The lowest BCUT2D eigenvalue weighted by Gasteiger charge is -2.49. The Morgan fingerprint density at radius 2 is 1.41 bits per heavy atom. The first-order valence-corrected chi connectivity index (χ1v) is 11.4. The van der Waals surface area contributed by atoms with E-state index in [1.807, 2.05) is 73.8 Å². The van der Waals surface area contributed by atoms with Crippen LogP contribution in [0.25, 0.3) is 39.5 Å². The molecule has 0 aliphatic heterocycles. The Labute approximate surface area is 197 Å². The van der Waals surface area contributed by atoms with Crippen molar-refractivity contribution in [2.45, 2.75) is 30.9 Å². The summed E-state index contributed by atoms with van der Waals surface area (Å²) in [7, 11) is 0. The first kappa shape index (κ1) is 20.7. The van der Waals surface area contributed by atoms with Gasteiger partial charge in [0.1, 0.15) is 0 Å². The molecule has 6 rings (SSSR count). The number of benzene rings is 3. The number of aromatic nitrogens is 4. The van der Waals surface area contributed by atoms with Crippen LogP contribution in [-0.2, 0) is 5.54 Å². The van der Waals surface area contributed by atoms with E-state index >= 15 is 0 Å². The average Bonchev–Trinajstić information content (AvgIpc) is 3.26. The van der Waals surface area contributed by atoms with Gasteiger partial charge in [-0.3, -0.25) is 0 Å². The predicted octanol–water partition coefficient (Wildman–Crippen LogP) is 4.82. The van der Waals surface area contributed by atoms with E-state index in [-0.39, 0.29) is 0 Å². The second-order valence-corrected chi connectivity index (χ2v) is 9.50. The van der Waals surface area contributed by atoms with Crippen LogP contribution in [0.5, 0.6) is 0 Å². The zero-order chi connectivity index (χ0) is 23.3. The zero-order valence-electron chi connectivity index (χ0n) is 18.9. The van der Waals surface area contributed by atoms with Gasteiger partial charge < -0.3 is 10.8 Å². The van der Waals surface area contributed by atoms with Crippen molar-refractivity contribution in [2.24, 2.45) is 5.73 Å². The van der Waals surface area contributed by atoms with Crippen LogP contribution < -0.4 is 5.73 Å². The van der Waals surface area contributed by atoms with Gasteiger partial charge in [-0.1, -0.05) is 84.9 Å². The van der Waals surface area contributed by atoms with Crippen molar-refractivity contribution in [3.05, 3.63) is 96.7 Å². The molecule has 0 radical (unpaired) electrons. The van der Waals surface area contributed by atoms with Crippen molar-refractivity contribution >= 4 is 5.78 Å². The molecule has 0 saturated heterocycles. The van der Waals surface area contributed by atoms with E-state index in [0.717, 1.165) is 33.5 Å². The molecule has 5 aromatic rings. The molecule has 168 valence electrons. The minimum atomic E-state index is -0.690. The van der Waals surface area contributed by atoms with Gasteiger partial charge in [0.15, 0.2) is 5.82 Å². The summed E-state index contributed by atoms with van der Waals surface area (Å²) in [5, 5.41) is 14.9. The second kappa shape index (κ2) is 7.58. The summed E-state index contributed by atoms with van der Waals surface area (Å²) < 4.78 is 1.74. The summed E-state index contributed by atoms with van der Waals surface area (Å²) in [6, 6.07) is 28.3. The third-order valence-corrected chi connectivity index (χ3v) is 6.57. The number of fused-ring (bicyclic) bond motifs is 1. The van der Waals surface area contributed by atoms with E-state index < -0.39 is 11.1 Å².